The van der Waals surface area contributed by atoms with Crippen molar-refractivity contribution >= 4 is 39.1 Å². The highest BCUT2D eigenvalue weighted by atomic mass is 79.9. The zero-order valence-corrected chi connectivity index (χ0v) is 20.5. The molecule has 166 valence electrons. The number of ether oxygens (including phenoxy) is 1. The van der Waals surface area contributed by atoms with Crippen molar-refractivity contribution in [2.45, 2.75) is 26.7 Å². The lowest BCUT2D eigenvalue weighted by molar-refractivity contribution is -0.141. The van der Waals surface area contributed by atoms with Gasteiger partial charge in [-0.3, -0.25) is 4.79 Å². The Balaban J connectivity index is 1.77. The van der Waals surface area contributed by atoms with Gasteiger partial charge in [-0.1, -0.05) is 64.8 Å². The molecule has 0 bridgehead atoms. The van der Waals surface area contributed by atoms with Gasteiger partial charge in [0.1, 0.15) is 12.4 Å². The van der Waals surface area contributed by atoms with Crippen LogP contribution in [-0.4, -0.2) is 17.7 Å². The molecule has 0 fully saturated rings. The number of carboxylic acid groups (broad SMARTS) is 1. The molecule has 3 nitrogen and oxygen atoms in total. The average molecular weight is 514 g/mol. The number of hydrogen-bond acceptors (Lipinski definition) is 2. The third-order valence-electron chi connectivity index (χ3n) is 5.47. The lowest BCUT2D eigenvalue weighted by Gasteiger charge is -2.14. The zero-order chi connectivity index (χ0) is 23.1. The highest BCUT2D eigenvalue weighted by molar-refractivity contribution is 9.10. The van der Waals surface area contributed by atoms with Crippen molar-refractivity contribution in [1.29, 1.82) is 0 Å². The number of aryl methyl sites for hydroxylation is 1. The van der Waals surface area contributed by atoms with Crippen LogP contribution >= 0.6 is 27.5 Å². The molecular formula is C27H26BrClO3. The smallest absolute Gasteiger partial charge is 0.306 e. The first kappa shape index (κ1) is 24.1. The maximum atomic E-state index is 11.3. The van der Waals surface area contributed by atoms with E-state index in [4.69, 9.17) is 16.3 Å². The molecule has 0 spiro atoms. The monoisotopic (exact) mass is 512 g/mol. The van der Waals surface area contributed by atoms with Crippen LogP contribution in [0, 0.1) is 12.8 Å². The molecule has 0 aromatic heterocycles. The highest BCUT2D eigenvalue weighted by Crippen LogP contribution is 2.27. The quantitative estimate of drug-likeness (QED) is 0.321. The summed E-state index contributed by atoms with van der Waals surface area (Å²) in [5, 5.41) is 10.0. The molecule has 0 radical (unpaired) electrons. The van der Waals surface area contributed by atoms with Gasteiger partial charge in [-0.25, -0.2) is 0 Å². The number of carboxylic acids is 1. The van der Waals surface area contributed by atoms with Gasteiger partial charge in [-0.2, -0.15) is 0 Å². The molecule has 0 saturated carbocycles. The molecule has 0 saturated heterocycles. The van der Waals surface area contributed by atoms with Crippen LogP contribution in [0.4, 0.5) is 0 Å². The summed E-state index contributed by atoms with van der Waals surface area (Å²) in [4.78, 5) is 11.3. The Kier molecular flexibility index (Phi) is 8.54. The molecule has 3 aromatic rings. The van der Waals surface area contributed by atoms with Gasteiger partial charge in [-0.15, -0.1) is 0 Å². The van der Waals surface area contributed by atoms with Crippen LogP contribution in [0.2, 0.25) is 5.02 Å². The number of rotatable bonds is 9. The van der Waals surface area contributed by atoms with E-state index in [-0.39, 0.29) is 5.92 Å². The van der Waals surface area contributed by atoms with Gasteiger partial charge < -0.3 is 9.84 Å². The summed E-state index contributed by atoms with van der Waals surface area (Å²) in [6, 6.07) is 21.8. The summed E-state index contributed by atoms with van der Waals surface area (Å²) in [5.74, 6) is -0.353. The van der Waals surface area contributed by atoms with Crippen LogP contribution in [0.15, 0.2) is 77.3 Å². The zero-order valence-electron chi connectivity index (χ0n) is 18.1. The van der Waals surface area contributed by atoms with Crippen LogP contribution in [-0.2, 0) is 11.2 Å². The fourth-order valence-electron chi connectivity index (χ4n) is 3.54. The molecule has 0 aliphatic heterocycles. The Hall–Kier alpha value is -2.56. The van der Waals surface area contributed by atoms with Crippen LogP contribution in [0.5, 0.6) is 5.75 Å². The third kappa shape index (κ3) is 6.47. The first-order valence-electron chi connectivity index (χ1n) is 10.5. The van der Waals surface area contributed by atoms with Gasteiger partial charge in [0.2, 0.25) is 0 Å². The molecule has 1 unspecified atom stereocenters. The number of halogens is 2. The normalized spacial score (nSPS) is 12.4. The van der Waals surface area contributed by atoms with E-state index in [0.29, 0.717) is 24.5 Å². The molecule has 5 heteroatoms. The molecule has 3 aromatic carbocycles. The maximum absolute atomic E-state index is 11.3. The van der Waals surface area contributed by atoms with E-state index in [9.17, 15) is 9.90 Å². The van der Waals surface area contributed by atoms with Crippen molar-refractivity contribution in [2.24, 2.45) is 5.92 Å². The predicted molar refractivity (Wildman–Crippen MR) is 134 cm³/mol. The van der Waals surface area contributed by atoms with E-state index in [0.717, 1.165) is 38.0 Å². The Morgan fingerprint density at radius 2 is 1.69 bits per heavy atom. The summed E-state index contributed by atoms with van der Waals surface area (Å²) in [7, 11) is 0. The van der Waals surface area contributed by atoms with Crippen molar-refractivity contribution in [2.75, 3.05) is 6.61 Å². The second-order valence-corrected chi connectivity index (χ2v) is 9.03. The lowest BCUT2D eigenvalue weighted by atomic mass is 9.94. The van der Waals surface area contributed by atoms with E-state index in [1.54, 1.807) is 0 Å². The minimum atomic E-state index is -0.750. The molecule has 0 aliphatic carbocycles. The molecule has 1 atom stereocenters. The fourth-order valence-corrected chi connectivity index (χ4v) is 3.93. The van der Waals surface area contributed by atoms with E-state index >= 15 is 0 Å². The van der Waals surface area contributed by atoms with Gasteiger partial charge in [0.25, 0.3) is 0 Å². The summed E-state index contributed by atoms with van der Waals surface area (Å²) in [6.07, 6.45) is 3.21. The summed E-state index contributed by atoms with van der Waals surface area (Å²) in [6.45, 7) is 4.30. The van der Waals surface area contributed by atoms with Crippen LogP contribution in [0.1, 0.15) is 35.6 Å². The summed E-state index contributed by atoms with van der Waals surface area (Å²) in [5.41, 5.74) is 5.29. The van der Waals surface area contributed by atoms with Crippen molar-refractivity contribution in [1.82, 2.24) is 0 Å². The van der Waals surface area contributed by atoms with E-state index < -0.39 is 5.97 Å². The minimum Gasteiger partial charge on any atom is -0.490 e. The van der Waals surface area contributed by atoms with Gasteiger partial charge >= 0.3 is 5.97 Å². The predicted octanol–water partition coefficient (Wildman–Crippen LogP) is 7.57. The van der Waals surface area contributed by atoms with E-state index in [1.807, 2.05) is 68.4 Å². The standard InChI is InChI=1S/C27H26BrClO3/c1-3-19(27(30)31)17-22-8-13-25(16-18(22)2)32-15-14-26(20-4-9-23(28)10-5-20)21-6-11-24(29)12-7-21/h4-14,16,19H,3,15,17H2,1-2H3,(H,30,31)/b26-14-. The minimum absolute atomic E-state index is 0.365. The Morgan fingerprint density at radius 1 is 1.06 bits per heavy atom. The summed E-state index contributed by atoms with van der Waals surface area (Å²) >= 11 is 9.56. The first-order valence-corrected chi connectivity index (χ1v) is 11.7. The molecule has 3 rings (SSSR count). The number of aliphatic carboxylic acids is 1. The van der Waals surface area contributed by atoms with Crippen LogP contribution in [0.25, 0.3) is 5.57 Å². The molecular weight excluding hydrogens is 488 g/mol. The Labute approximate surface area is 202 Å². The van der Waals surface area contributed by atoms with Crippen molar-refractivity contribution in [3.63, 3.8) is 0 Å². The fraction of sp³-hybridized carbons (Fsp3) is 0.222. The topological polar surface area (TPSA) is 46.5 Å². The van der Waals surface area contributed by atoms with Gasteiger partial charge in [0.15, 0.2) is 0 Å². The maximum Gasteiger partial charge on any atom is 0.306 e. The molecule has 0 heterocycles. The van der Waals surface area contributed by atoms with E-state index in [1.165, 1.54) is 0 Å². The second kappa shape index (κ2) is 11.3. The van der Waals surface area contributed by atoms with Gasteiger partial charge in [-0.05, 0) is 90.1 Å². The third-order valence-corrected chi connectivity index (χ3v) is 6.25. The SMILES string of the molecule is CCC(Cc1ccc(OC/C=C(\c2ccc(Cl)cc2)c2ccc(Br)cc2)cc1C)C(=O)O. The Bertz CT molecular complexity index is 1040. The van der Waals surface area contributed by atoms with Gasteiger partial charge in [0, 0.05) is 9.50 Å². The first-order chi connectivity index (χ1) is 15.4. The molecule has 32 heavy (non-hydrogen) atoms. The second-order valence-electron chi connectivity index (χ2n) is 7.68. The van der Waals surface area contributed by atoms with Gasteiger partial charge in [0.05, 0.1) is 5.92 Å². The van der Waals surface area contributed by atoms with Crippen molar-refractivity contribution < 1.29 is 14.6 Å². The number of carbonyl (C=O) groups is 1. The van der Waals surface area contributed by atoms with Crippen molar-refractivity contribution in [3.05, 3.63) is 105 Å². The summed E-state index contributed by atoms with van der Waals surface area (Å²) < 4.78 is 7.04. The average Bonchev–Trinajstić information content (AvgIpc) is 2.77. The van der Waals surface area contributed by atoms with Crippen LogP contribution < -0.4 is 4.74 Å². The van der Waals surface area contributed by atoms with Crippen molar-refractivity contribution in [3.8, 4) is 5.75 Å². The lowest BCUT2D eigenvalue weighted by Crippen LogP contribution is -2.15. The van der Waals surface area contributed by atoms with E-state index in [2.05, 4.69) is 34.1 Å². The number of hydrogen-bond donors (Lipinski definition) is 1. The molecule has 0 amide bonds. The molecule has 0 aliphatic rings. The van der Waals surface area contributed by atoms with Crippen LogP contribution in [0.3, 0.4) is 0 Å². The number of benzene rings is 3. The largest absolute Gasteiger partial charge is 0.490 e. The highest BCUT2D eigenvalue weighted by Gasteiger charge is 2.16. The Morgan fingerprint density at radius 3 is 2.25 bits per heavy atom. The molecule has 1 N–H and O–H groups in total.